The highest BCUT2D eigenvalue weighted by Crippen LogP contribution is 2.22. The van der Waals surface area contributed by atoms with Crippen LogP contribution in [0.4, 0.5) is 0 Å². The minimum absolute atomic E-state index is 0.0602. The lowest BCUT2D eigenvalue weighted by Gasteiger charge is -2.20. The summed E-state index contributed by atoms with van der Waals surface area (Å²) in [4.78, 5) is 25.6. The quantitative estimate of drug-likeness (QED) is 0.430. The lowest BCUT2D eigenvalue weighted by Crippen LogP contribution is -2.28. The number of rotatable bonds is 6. The fourth-order valence-electron chi connectivity index (χ4n) is 2.10. The molecule has 0 saturated carbocycles. The van der Waals surface area contributed by atoms with E-state index in [1.165, 1.54) is 6.26 Å². The summed E-state index contributed by atoms with van der Waals surface area (Å²) in [5, 5.41) is 0. The molecule has 0 bridgehead atoms. The van der Waals surface area contributed by atoms with Crippen molar-refractivity contribution in [2.24, 2.45) is 0 Å². The van der Waals surface area contributed by atoms with Gasteiger partial charge in [-0.25, -0.2) is 0 Å². The van der Waals surface area contributed by atoms with E-state index in [-0.39, 0.29) is 11.9 Å². The lowest BCUT2D eigenvalue weighted by molar-refractivity contribution is -0.155. The molecule has 22 heavy (non-hydrogen) atoms. The average Bonchev–Trinajstić information content (AvgIpc) is 2.64. The van der Waals surface area contributed by atoms with E-state index in [4.69, 9.17) is 9.47 Å². The molecular weight excluding hydrogens is 282 g/mol. The van der Waals surface area contributed by atoms with Gasteiger partial charge in [0.2, 0.25) is 0 Å². The van der Waals surface area contributed by atoms with E-state index < -0.39 is 5.60 Å². The molecule has 0 aromatic rings. The maximum absolute atomic E-state index is 12.2. The molecular formula is C17H25NO4. The minimum Gasteiger partial charge on any atom is -0.504 e. The van der Waals surface area contributed by atoms with E-state index >= 15 is 0 Å². The zero-order valence-corrected chi connectivity index (χ0v) is 13.8. The zero-order chi connectivity index (χ0) is 16.8. The Hall–Kier alpha value is -2.04. The third-order valence-corrected chi connectivity index (χ3v) is 2.99. The molecule has 0 spiro atoms. The van der Waals surface area contributed by atoms with Crippen molar-refractivity contribution < 1.29 is 19.1 Å². The standard InChI is InChI=1S/C17H25NO4/c1-13-12-18(16(20)14(13)8-7-11-21-5)10-6-9-15(19)22-17(2,3)4/h7-8,11H,1,6,9-10,12H2,2-5H3/b11-7+,14-8+. The summed E-state index contributed by atoms with van der Waals surface area (Å²) in [5.41, 5.74) is 0.895. The van der Waals surface area contributed by atoms with E-state index in [0.717, 1.165) is 5.57 Å². The first-order valence-corrected chi connectivity index (χ1v) is 7.33. The maximum atomic E-state index is 12.2. The van der Waals surface area contributed by atoms with Gasteiger partial charge in [0.15, 0.2) is 0 Å². The number of carbonyl (C=O) groups excluding carboxylic acids is 2. The Morgan fingerprint density at radius 2 is 2.09 bits per heavy atom. The van der Waals surface area contributed by atoms with Gasteiger partial charge in [-0.2, -0.15) is 0 Å². The monoisotopic (exact) mass is 307 g/mol. The summed E-state index contributed by atoms with van der Waals surface area (Å²) in [5.74, 6) is -0.299. The van der Waals surface area contributed by atoms with Crippen LogP contribution < -0.4 is 0 Å². The van der Waals surface area contributed by atoms with Gasteiger partial charge in [0.1, 0.15) is 5.60 Å². The molecule has 1 aliphatic rings. The molecule has 0 aromatic heterocycles. The lowest BCUT2D eigenvalue weighted by atomic mass is 10.1. The molecule has 1 amide bonds. The molecule has 5 nitrogen and oxygen atoms in total. The van der Waals surface area contributed by atoms with Gasteiger partial charge in [-0.15, -0.1) is 0 Å². The Labute approximate surface area is 132 Å². The van der Waals surface area contributed by atoms with Crippen molar-refractivity contribution in [3.05, 3.63) is 36.1 Å². The molecule has 0 N–H and O–H groups in total. The number of esters is 1. The van der Waals surface area contributed by atoms with Crippen LogP contribution in [0.2, 0.25) is 0 Å². The molecule has 0 radical (unpaired) electrons. The molecule has 1 fully saturated rings. The van der Waals surface area contributed by atoms with Crippen LogP contribution in [-0.4, -0.2) is 42.6 Å². The molecule has 0 aromatic carbocycles. The Balaban J connectivity index is 2.47. The zero-order valence-electron chi connectivity index (χ0n) is 13.8. The van der Waals surface area contributed by atoms with Crippen molar-refractivity contribution in [1.29, 1.82) is 0 Å². The van der Waals surface area contributed by atoms with Gasteiger partial charge in [0.25, 0.3) is 5.91 Å². The first kappa shape index (κ1) is 18.0. The van der Waals surface area contributed by atoms with Crippen LogP contribution in [0.5, 0.6) is 0 Å². The number of hydrogen-bond acceptors (Lipinski definition) is 4. The third kappa shape index (κ3) is 5.76. The Morgan fingerprint density at radius 3 is 2.68 bits per heavy atom. The maximum Gasteiger partial charge on any atom is 0.306 e. The highest BCUT2D eigenvalue weighted by atomic mass is 16.6. The fraction of sp³-hybridized carbons (Fsp3) is 0.529. The van der Waals surface area contributed by atoms with E-state index in [0.29, 0.717) is 31.5 Å². The number of likely N-dealkylation sites (tertiary alicyclic amines) is 1. The second-order valence-corrected chi connectivity index (χ2v) is 6.16. The molecule has 1 rings (SSSR count). The van der Waals surface area contributed by atoms with E-state index in [1.54, 1.807) is 24.2 Å². The molecule has 0 atom stereocenters. The Morgan fingerprint density at radius 1 is 1.41 bits per heavy atom. The van der Waals surface area contributed by atoms with Crippen LogP contribution in [0, 0.1) is 0 Å². The van der Waals surface area contributed by atoms with Crippen molar-refractivity contribution in [1.82, 2.24) is 4.90 Å². The van der Waals surface area contributed by atoms with Gasteiger partial charge in [-0.3, -0.25) is 9.59 Å². The third-order valence-electron chi connectivity index (χ3n) is 2.99. The number of carbonyl (C=O) groups is 2. The number of methoxy groups -OCH3 is 1. The van der Waals surface area contributed by atoms with Gasteiger partial charge in [-0.05, 0) is 44.9 Å². The van der Waals surface area contributed by atoms with Crippen molar-refractivity contribution in [2.75, 3.05) is 20.2 Å². The molecule has 1 saturated heterocycles. The fourth-order valence-corrected chi connectivity index (χ4v) is 2.10. The van der Waals surface area contributed by atoms with Crippen molar-refractivity contribution in [3.8, 4) is 0 Å². The van der Waals surface area contributed by atoms with Gasteiger partial charge in [0.05, 0.1) is 13.4 Å². The summed E-state index contributed by atoms with van der Waals surface area (Å²) in [7, 11) is 1.54. The van der Waals surface area contributed by atoms with Gasteiger partial charge >= 0.3 is 5.97 Å². The second-order valence-electron chi connectivity index (χ2n) is 6.16. The average molecular weight is 307 g/mol. The minimum atomic E-state index is -0.474. The summed E-state index contributed by atoms with van der Waals surface area (Å²) in [6.45, 7) is 10.4. The van der Waals surface area contributed by atoms with Crippen LogP contribution in [0.3, 0.4) is 0 Å². The normalized spacial score (nSPS) is 17.6. The topological polar surface area (TPSA) is 55.8 Å². The highest BCUT2D eigenvalue weighted by molar-refractivity contribution is 6.01. The second kappa shape index (κ2) is 7.82. The largest absolute Gasteiger partial charge is 0.504 e. The first-order valence-electron chi connectivity index (χ1n) is 7.33. The van der Waals surface area contributed by atoms with Crippen molar-refractivity contribution in [2.45, 2.75) is 39.2 Å². The van der Waals surface area contributed by atoms with Crippen LogP contribution in [0.1, 0.15) is 33.6 Å². The molecule has 0 unspecified atom stereocenters. The van der Waals surface area contributed by atoms with Crippen molar-refractivity contribution in [3.63, 3.8) is 0 Å². The molecule has 1 heterocycles. The highest BCUT2D eigenvalue weighted by Gasteiger charge is 2.28. The van der Waals surface area contributed by atoms with Crippen molar-refractivity contribution >= 4 is 11.9 Å². The SMILES string of the molecule is C=C1CN(CCCC(=O)OC(C)(C)C)C(=O)/C1=C/C=C/OC. The number of ether oxygens (including phenoxy) is 2. The van der Waals surface area contributed by atoms with Crippen LogP contribution in [0.15, 0.2) is 36.1 Å². The summed E-state index contributed by atoms with van der Waals surface area (Å²) in [6, 6.07) is 0. The molecule has 122 valence electrons. The summed E-state index contributed by atoms with van der Waals surface area (Å²) >= 11 is 0. The van der Waals surface area contributed by atoms with Crippen LogP contribution in [-0.2, 0) is 19.1 Å². The Kier molecular flexibility index (Phi) is 6.40. The number of amides is 1. The van der Waals surface area contributed by atoms with Gasteiger partial charge in [-0.1, -0.05) is 6.58 Å². The molecule has 5 heteroatoms. The molecule has 1 aliphatic heterocycles. The summed E-state index contributed by atoms with van der Waals surface area (Å²) < 4.78 is 10.0. The smallest absolute Gasteiger partial charge is 0.306 e. The number of nitrogens with zero attached hydrogens (tertiary/aromatic N) is 1. The van der Waals surface area contributed by atoms with Gasteiger partial charge < -0.3 is 14.4 Å². The number of hydrogen-bond donors (Lipinski definition) is 0. The van der Waals surface area contributed by atoms with E-state index in [2.05, 4.69) is 6.58 Å². The Bertz CT molecular complexity index is 497. The van der Waals surface area contributed by atoms with Gasteiger partial charge in [0, 0.05) is 25.1 Å². The van der Waals surface area contributed by atoms with Crippen LogP contribution >= 0.6 is 0 Å². The number of allylic oxidation sites excluding steroid dienone is 2. The van der Waals surface area contributed by atoms with E-state index in [1.807, 2.05) is 20.8 Å². The predicted octanol–water partition coefficient (Wildman–Crippen LogP) is 2.59. The first-order chi connectivity index (χ1) is 10.2. The van der Waals surface area contributed by atoms with Crippen LogP contribution in [0.25, 0.3) is 0 Å². The predicted molar refractivity (Wildman–Crippen MR) is 85.0 cm³/mol. The summed E-state index contributed by atoms with van der Waals surface area (Å²) in [6.07, 6.45) is 5.74. The molecule has 0 aliphatic carbocycles. The van der Waals surface area contributed by atoms with E-state index in [9.17, 15) is 9.59 Å².